The van der Waals surface area contributed by atoms with Crippen LogP contribution in [-0.4, -0.2) is 91.4 Å². The monoisotopic (exact) mass is 780 g/mol. The van der Waals surface area contributed by atoms with Gasteiger partial charge in [0.1, 0.15) is 13.2 Å². The van der Waals surface area contributed by atoms with E-state index in [1.54, 1.807) is 12.2 Å². The fraction of sp³-hybridized carbons (Fsp3) is 0.870. The number of esters is 2. The standard InChI is InChI=1S/2C23H34O5/c2*1-21-7-5-15(24)10-14(21)3-4-17-18(21)11-19(25)22(2)16(6-8-23(17,22)27)13-9-20(26)28-12-13/h2*9,14-19,24-25,27H,3-8,10-12H2,1-2H3/t2*14-,15+,16-,17-,18+,19-,21+,22+,23+/m11/s1. The van der Waals surface area contributed by atoms with Gasteiger partial charge in [0.25, 0.3) is 0 Å². The highest BCUT2D eigenvalue weighted by Crippen LogP contribution is 2.71. The summed E-state index contributed by atoms with van der Waals surface area (Å²) in [5, 5.41) is 67.5. The zero-order valence-corrected chi connectivity index (χ0v) is 34.1. The van der Waals surface area contributed by atoms with E-state index >= 15 is 0 Å². The Morgan fingerprint density at radius 3 is 1.27 bits per heavy atom. The maximum Gasteiger partial charge on any atom is 0.331 e. The summed E-state index contributed by atoms with van der Waals surface area (Å²) in [6.45, 7) is 9.39. The second-order valence-corrected chi connectivity index (χ2v) is 21.6. The lowest BCUT2D eigenvalue weighted by Gasteiger charge is -2.64. The van der Waals surface area contributed by atoms with Crippen molar-refractivity contribution in [2.75, 3.05) is 13.2 Å². The van der Waals surface area contributed by atoms with Gasteiger partial charge in [0.15, 0.2) is 0 Å². The van der Waals surface area contributed by atoms with Gasteiger partial charge in [-0.2, -0.15) is 0 Å². The molecule has 312 valence electrons. The van der Waals surface area contributed by atoms with Crippen molar-refractivity contribution in [3.8, 4) is 0 Å². The van der Waals surface area contributed by atoms with Gasteiger partial charge in [-0.05, 0) is 172 Å². The molecule has 0 spiro atoms. The first kappa shape index (κ1) is 39.6. The highest BCUT2D eigenvalue weighted by atomic mass is 16.5. The van der Waals surface area contributed by atoms with Gasteiger partial charge in [-0.25, -0.2) is 9.59 Å². The van der Waals surface area contributed by atoms with Gasteiger partial charge in [0, 0.05) is 23.0 Å². The van der Waals surface area contributed by atoms with Crippen LogP contribution in [0.3, 0.4) is 0 Å². The Morgan fingerprint density at radius 1 is 0.518 bits per heavy atom. The minimum Gasteiger partial charge on any atom is -0.458 e. The first-order valence-electron chi connectivity index (χ1n) is 22.3. The van der Waals surface area contributed by atoms with Crippen molar-refractivity contribution in [1.82, 2.24) is 0 Å². The molecule has 8 aliphatic carbocycles. The lowest BCUT2D eigenvalue weighted by Crippen LogP contribution is -2.67. The van der Waals surface area contributed by atoms with Gasteiger partial charge < -0.3 is 40.1 Å². The molecular weight excluding hydrogens is 712 g/mol. The number of hydrogen-bond donors (Lipinski definition) is 6. The summed E-state index contributed by atoms with van der Waals surface area (Å²) in [5.74, 6) is 1.31. The SMILES string of the molecule is C[C@]12CC[C@H](O)C[C@H]1CC[C@@H]1[C@@H]2C[C@@H](O)[C@]2(C)[C@@H](C3=CC(=O)OC3)CC[C@]12O.C[C@]12CC[C@H](O)C[C@H]1CC[C@@H]1[C@@H]2C[C@@H](O)[C@]2(C)[C@@H](C3=CC(=O)OC3)CC[C@]12O. The van der Waals surface area contributed by atoms with Crippen molar-refractivity contribution >= 4 is 11.9 Å². The molecule has 10 heteroatoms. The first-order chi connectivity index (χ1) is 26.4. The number of aliphatic hydroxyl groups excluding tert-OH is 4. The highest BCUT2D eigenvalue weighted by molar-refractivity contribution is 5.86. The smallest absolute Gasteiger partial charge is 0.331 e. The molecule has 56 heavy (non-hydrogen) atoms. The normalized spacial score (nSPS) is 55.8. The fourth-order valence-electron chi connectivity index (χ4n) is 16.7. The summed E-state index contributed by atoms with van der Waals surface area (Å²) in [6, 6.07) is 0. The average Bonchev–Trinajstić information content (AvgIpc) is 3.91. The van der Waals surface area contributed by atoms with Crippen LogP contribution in [0.4, 0.5) is 0 Å². The van der Waals surface area contributed by atoms with Gasteiger partial charge in [0.2, 0.25) is 0 Å². The second-order valence-electron chi connectivity index (χ2n) is 21.6. The number of aliphatic hydroxyl groups is 6. The molecule has 10 nitrogen and oxygen atoms in total. The quantitative estimate of drug-likeness (QED) is 0.206. The van der Waals surface area contributed by atoms with Crippen molar-refractivity contribution in [3.63, 3.8) is 0 Å². The zero-order chi connectivity index (χ0) is 39.8. The number of carbonyl (C=O) groups excluding carboxylic acids is 2. The Kier molecular flexibility index (Phi) is 9.44. The molecular formula is C46H68O10. The highest BCUT2D eigenvalue weighted by Gasteiger charge is 2.72. The van der Waals surface area contributed by atoms with Crippen LogP contribution >= 0.6 is 0 Å². The molecule has 0 amide bonds. The number of hydrogen-bond acceptors (Lipinski definition) is 10. The second kappa shape index (κ2) is 13.3. The van der Waals surface area contributed by atoms with Crippen LogP contribution in [0.15, 0.2) is 23.3 Å². The molecule has 8 saturated carbocycles. The molecule has 0 bridgehead atoms. The number of rotatable bonds is 2. The summed E-state index contributed by atoms with van der Waals surface area (Å²) >= 11 is 0. The van der Waals surface area contributed by atoms with Crippen LogP contribution in [-0.2, 0) is 19.1 Å². The molecule has 0 aromatic heterocycles. The Bertz CT molecular complexity index is 1560. The fourth-order valence-corrected chi connectivity index (χ4v) is 16.7. The Morgan fingerprint density at radius 2 is 0.911 bits per heavy atom. The van der Waals surface area contributed by atoms with E-state index in [4.69, 9.17) is 9.47 Å². The van der Waals surface area contributed by atoms with E-state index in [1.165, 1.54) is 0 Å². The molecule has 2 heterocycles. The molecule has 2 aliphatic heterocycles. The molecule has 6 N–H and O–H groups in total. The Balaban J connectivity index is 0.000000146. The maximum atomic E-state index is 12.1. The summed E-state index contributed by atoms with van der Waals surface area (Å²) in [7, 11) is 0. The lowest BCUT2D eigenvalue weighted by molar-refractivity contribution is -0.245. The number of ether oxygens (including phenoxy) is 2. The van der Waals surface area contributed by atoms with Crippen molar-refractivity contribution < 1.29 is 49.7 Å². The summed E-state index contributed by atoms with van der Waals surface area (Å²) in [6.07, 6.45) is 15.4. The largest absolute Gasteiger partial charge is 0.458 e. The van der Waals surface area contributed by atoms with Crippen molar-refractivity contribution in [2.24, 2.45) is 69.0 Å². The van der Waals surface area contributed by atoms with Gasteiger partial charge in [0.05, 0.1) is 35.6 Å². The van der Waals surface area contributed by atoms with Crippen LogP contribution in [0.5, 0.6) is 0 Å². The summed E-state index contributed by atoms with van der Waals surface area (Å²) in [5.41, 5.74) is -1.01. The average molecular weight is 781 g/mol. The maximum absolute atomic E-state index is 12.1. The Labute approximate surface area is 332 Å². The van der Waals surface area contributed by atoms with E-state index in [9.17, 15) is 40.2 Å². The van der Waals surface area contributed by atoms with Crippen molar-refractivity contribution in [2.45, 2.75) is 166 Å². The van der Waals surface area contributed by atoms with Crippen LogP contribution in [0.2, 0.25) is 0 Å². The lowest BCUT2D eigenvalue weighted by atomic mass is 9.42. The van der Waals surface area contributed by atoms with Crippen molar-refractivity contribution in [1.29, 1.82) is 0 Å². The minimum atomic E-state index is -0.906. The molecule has 0 unspecified atom stereocenters. The van der Waals surface area contributed by atoms with Crippen LogP contribution in [0.25, 0.3) is 0 Å². The molecule has 0 aromatic carbocycles. The molecule has 8 fully saturated rings. The predicted octanol–water partition coefficient (Wildman–Crippen LogP) is 5.15. The number of cyclic esters (lactones) is 2. The molecule has 0 radical (unpaired) electrons. The van der Waals surface area contributed by atoms with Gasteiger partial charge in [-0.15, -0.1) is 0 Å². The number of fused-ring (bicyclic) bond motifs is 10. The first-order valence-corrected chi connectivity index (χ1v) is 22.3. The van der Waals surface area contributed by atoms with Gasteiger partial charge in [-0.1, -0.05) is 27.7 Å². The molecule has 10 aliphatic rings. The number of carbonyl (C=O) groups is 2. The third-order valence-electron chi connectivity index (χ3n) is 20.1. The third kappa shape index (κ3) is 5.33. The van der Waals surface area contributed by atoms with E-state index in [0.717, 1.165) is 88.2 Å². The molecule has 10 rings (SSSR count). The third-order valence-corrected chi connectivity index (χ3v) is 20.1. The minimum absolute atomic E-state index is 0.00129. The van der Waals surface area contributed by atoms with Crippen molar-refractivity contribution in [3.05, 3.63) is 23.3 Å². The van der Waals surface area contributed by atoms with Crippen LogP contribution in [0, 0.1) is 69.0 Å². The predicted molar refractivity (Wildman–Crippen MR) is 206 cm³/mol. The van der Waals surface area contributed by atoms with Gasteiger partial charge in [-0.3, -0.25) is 0 Å². The summed E-state index contributed by atoms with van der Waals surface area (Å²) in [4.78, 5) is 23.3. The van der Waals surface area contributed by atoms with Crippen LogP contribution in [0.1, 0.15) is 130 Å². The van der Waals surface area contributed by atoms with Gasteiger partial charge >= 0.3 is 11.9 Å². The zero-order valence-electron chi connectivity index (χ0n) is 34.1. The molecule has 0 saturated heterocycles. The van der Waals surface area contributed by atoms with E-state index in [0.29, 0.717) is 62.6 Å². The summed E-state index contributed by atoms with van der Waals surface area (Å²) < 4.78 is 10.3. The van der Waals surface area contributed by atoms with E-state index in [1.807, 2.05) is 13.8 Å². The van der Waals surface area contributed by atoms with E-state index in [2.05, 4.69) is 13.8 Å². The van der Waals surface area contributed by atoms with E-state index < -0.39 is 34.2 Å². The molecule has 18 atom stereocenters. The van der Waals surface area contributed by atoms with E-state index in [-0.39, 0.29) is 58.6 Å². The Hall–Kier alpha value is -1.82. The topological polar surface area (TPSA) is 174 Å². The molecule has 0 aromatic rings. The van der Waals surface area contributed by atoms with Crippen LogP contribution < -0.4 is 0 Å².